The van der Waals surface area contributed by atoms with Crippen LogP contribution in [0.3, 0.4) is 0 Å². The molecule has 0 saturated heterocycles. The van der Waals surface area contributed by atoms with Crippen molar-refractivity contribution in [2.45, 2.75) is 26.1 Å². The first kappa shape index (κ1) is 19.7. The van der Waals surface area contributed by atoms with Crippen LogP contribution in [-0.2, 0) is 22.3 Å². The number of halogens is 4. The third-order valence-electron chi connectivity index (χ3n) is 2.52. The number of carbonyl (C=O) groups is 1. The number of nitrogens with two attached hydrogens (primary N) is 1. The highest BCUT2D eigenvalue weighted by Gasteiger charge is 2.31. The van der Waals surface area contributed by atoms with E-state index in [9.17, 15) is 18.0 Å². The first-order chi connectivity index (χ1) is 9.36. The van der Waals surface area contributed by atoms with E-state index in [-0.39, 0.29) is 37.7 Å². The highest BCUT2D eigenvalue weighted by atomic mass is 35.5. The van der Waals surface area contributed by atoms with E-state index < -0.39 is 17.6 Å². The maximum absolute atomic E-state index is 12.7. The maximum atomic E-state index is 12.7. The van der Waals surface area contributed by atoms with Crippen LogP contribution < -0.4 is 11.1 Å². The minimum Gasteiger partial charge on any atom is -0.381 e. The summed E-state index contributed by atoms with van der Waals surface area (Å²) in [5, 5.41) is 2.41. The van der Waals surface area contributed by atoms with Crippen molar-refractivity contribution in [2.24, 2.45) is 5.73 Å². The molecule has 0 aromatic heterocycles. The Morgan fingerprint density at radius 3 is 2.52 bits per heavy atom. The molecule has 1 rings (SSSR count). The fourth-order valence-corrected chi connectivity index (χ4v) is 1.58. The van der Waals surface area contributed by atoms with Gasteiger partial charge in [-0.05, 0) is 30.7 Å². The van der Waals surface area contributed by atoms with Gasteiger partial charge in [-0.3, -0.25) is 4.79 Å². The van der Waals surface area contributed by atoms with Gasteiger partial charge in [-0.2, -0.15) is 13.2 Å². The number of benzene rings is 1. The summed E-state index contributed by atoms with van der Waals surface area (Å²) in [6.07, 6.45) is -4.39. The average Bonchev–Trinajstić information content (AvgIpc) is 2.37. The third kappa shape index (κ3) is 6.79. The number of rotatable bonds is 6. The average molecular weight is 327 g/mol. The Morgan fingerprint density at radius 2 is 2.00 bits per heavy atom. The molecule has 120 valence electrons. The predicted octanol–water partition coefficient (Wildman–Crippen LogP) is 2.95. The molecular formula is C13H18ClF3N2O2. The number of ether oxygens (including phenoxy) is 1. The fourth-order valence-electron chi connectivity index (χ4n) is 1.58. The van der Waals surface area contributed by atoms with Crippen molar-refractivity contribution >= 4 is 24.0 Å². The largest absolute Gasteiger partial charge is 0.416 e. The monoisotopic (exact) mass is 326 g/mol. The van der Waals surface area contributed by atoms with Gasteiger partial charge in [-0.1, -0.05) is 0 Å². The van der Waals surface area contributed by atoms with Gasteiger partial charge in [0.05, 0.1) is 18.6 Å². The van der Waals surface area contributed by atoms with Gasteiger partial charge in [0.15, 0.2) is 0 Å². The van der Waals surface area contributed by atoms with E-state index in [2.05, 4.69) is 5.32 Å². The summed E-state index contributed by atoms with van der Waals surface area (Å²) in [5.41, 5.74) is 4.92. The smallest absolute Gasteiger partial charge is 0.381 e. The molecule has 0 fully saturated rings. The predicted molar refractivity (Wildman–Crippen MR) is 76.3 cm³/mol. The summed E-state index contributed by atoms with van der Waals surface area (Å²) in [5.74, 6) is -0.402. The van der Waals surface area contributed by atoms with E-state index in [1.165, 1.54) is 6.07 Å². The number of hydrogen-bond acceptors (Lipinski definition) is 3. The molecule has 0 radical (unpaired) electrons. The van der Waals surface area contributed by atoms with Crippen LogP contribution in [0.5, 0.6) is 0 Å². The van der Waals surface area contributed by atoms with Crippen molar-refractivity contribution in [1.82, 2.24) is 0 Å². The summed E-state index contributed by atoms with van der Waals surface area (Å²) in [4.78, 5) is 11.5. The summed E-state index contributed by atoms with van der Waals surface area (Å²) in [6, 6.07) is 3.28. The second-order valence-electron chi connectivity index (χ2n) is 4.12. The number of amides is 1. The number of hydrogen-bond donors (Lipinski definition) is 2. The lowest BCUT2D eigenvalue weighted by molar-refractivity contribution is -0.137. The molecule has 0 aliphatic heterocycles. The molecular weight excluding hydrogens is 309 g/mol. The van der Waals surface area contributed by atoms with Crippen molar-refractivity contribution in [3.8, 4) is 0 Å². The van der Waals surface area contributed by atoms with E-state index in [1.807, 2.05) is 0 Å². The lowest BCUT2D eigenvalue weighted by Gasteiger charge is -2.12. The molecule has 3 N–H and O–H groups in total. The van der Waals surface area contributed by atoms with E-state index in [0.29, 0.717) is 12.2 Å². The first-order valence-corrected chi connectivity index (χ1v) is 6.15. The van der Waals surface area contributed by atoms with Gasteiger partial charge < -0.3 is 15.8 Å². The van der Waals surface area contributed by atoms with Crippen LogP contribution in [0.2, 0.25) is 0 Å². The number of carbonyl (C=O) groups excluding carboxylic acids is 1. The van der Waals surface area contributed by atoms with Gasteiger partial charge in [0.25, 0.3) is 0 Å². The first-order valence-electron chi connectivity index (χ1n) is 6.15. The normalized spacial score (nSPS) is 10.9. The SMILES string of the molecule is CCOCCC(=O)Nc1cc(CN)cc(C(F)(F)F)c1.Cl. The molecule has 0 aliphatic carbocycles. The molecule has 0 saturated carbocycles. The van der Waals surface area contributed by atoms with Crippen LogP contribution in [0.4, 0.5) is 18.9 Å². The molecule has 1 amide bonds. The van der Waals surface area contributed by atoms with E-state index in [0.717, 1.165) is 12.1 Å². The Bertz CT molecular complexity index is 467. The standard InChI is InChI=1S/C13H17F3N2O2.ClH/c1-2-20-4-3-12(19)18-11-6-9(8-17)5-10(7-11)13(14,15)16;/h5-7H,2-4,8,17H2,1H3,(H,18,19);1H. The third-order valence-corrected chi connectivity index (χ3v) is 2.52. The Kier molecular flexibility index (Phi) is 8.31. The molecule has 8 heteroatoms. The molecule has 0 heterocycles. The Hall–Kier alpha value is -1.31. The summed E-state index contributed by atoms with van der Waals surface area (Å²) in [6.45, 7) is 2.46. The second kappa shape index (κ2) is 8.86. The van der Waals surface area contributed by atoms with Crippen molar-refractivity contribution in [3.63, 3.8) is 0 Å². The van der Waals surface area contributed by atoms with E-state index in [1.54, 1.807) is 6.92 Å². The van der Waals surface area contributed by atoms with Gasteiger partial charge in [0.2, 0.25) is 5.91 Å². The topological polar surface area (TPSA) is 64.3 Å². The molecule has 0 atom stereocenters. The van der Waals surface area contributed by atoms with Crippen molar-refractivity contribution in [1.29, 1.82) is 0 Å². The van der Waals surface area contributed by atoms with Crippen LogP contribution in [0, 0.1) is 0 Å². The highest BCUT2D eigenvalue weighted by molar-refractivity contribution is 5.91. The molecule has 0 aliphatic rings. The minimum absolute atomic E-state index is 0. The van der Waals surface area contributed by atoms with Gasteiger partial charge in [-0.25, -0.2) is 0 Å². The number of nitrogens with one attached hydrogen (secondary N) is 1. The molecule has 1 aromatic carbocycles. The molecule has 0 spiro atoms. The Labute approximate surface area is 127 Å². The van der Waals surface area contributed by atoms with Crippen molar-refractivity contribution in [2.75, 3.05) is 18.5 Å². The van der Waals surface area contributed by atoms with Crippen molar-refractivity contribution < 1.29 is 22.7 Å². The maximum Gasteiger partial charge on any atom is 0.416 e. The minimum atomic E-state index is -4.48. The summed E-state index contributed by atoms with van der Waals surface area (Å²) >= 11 is 0. The highest BCUT2D eigenvalue weighted by Crippen LogP contribution is 2.32. The Morgan fingerprint density at radius 1 is 1.33 bits per heavy atom. The molecule has 0 bridgehead atoms. The van der Waals surface area contributed by atoms with Crippen LogP contribution in [0.25, 0.3) is 0 Å². The Balaban J connectivity index is 0.00000400. The quantitative estimate of drug-likeness (QED) is 0.790. The van der Waals surface area contributed by atoms with Crippen LogP contribution >= 0.6 is 12.4 Å². The van der Waals surface area contributed by atoms with Crippen molar-refractivity contribution in [3.05, 3.63) is 29.3 Å². The zero-order chi connectivity index (χ0) is 15.2. The van der Waals surface area contributed by atoms with E-state index in [4.69, 9.17) is 10.5 Å². The van der Waals surface area contributed by atoms with Gasteiger partial charge in [0, 0.05) is 18.8 Å². The van der Waals surface area contributed by atoms with Crippen LogP contribution in [-0.4, -0.2) is 19.1 Å². The molecule has 0 unspecified atom stereocenters. The van der Waals surface area contributed by atoms with Crippen LogP contribution in [0.1, 0.15) is 24.5 Å². The summed E-state index contributed by atoms with van der Waals surface area (Å²) in [7, 11) is 0. The zero-order valence-corrected chi connectivity index (χ0v) is 12.3. The second-order valence-corrected chi connectivity index (χ2v) is 4.12. The van der Waals surface area contributed by atoms with Gasteiger partial charge in [0.1, 0.15) is 0 Å². The molecule has 1 aromatic rings. The zero-order valence-electron chi connectivity index (χ0n) is 11.5. The lowest BCUT2D eigenvalue weighted by atomic mass is 10.1. The van der Waals surface area contributed by atoms with Crippen LogP contribution in [0.15, 0.2) is 18.2 Å². The number of alkyl halides is 3. The summed E-state index contributed by atoms with van der Waals surface area (Å²) < 4.78 is 43.1. The van der Waals surface area contributed by atoms with Gasteiger partial charge in [-0.15, -0.1) is 12.4 Å². The van der Waals surface area contributed by atoms with E-state index >= 15 is 0 Å². The number of anilines is 1. The molecule has 21 heavy (non-hydrogen) atoms. The molecule has 4 nitrogen and oxygen atoms in total. The lowest BCUT2D eigenvalue weighted by Crippen LogP contribution is -2.16. The van der Waals surface area contributed by atoms with Gasteiger partial charge >= 0.3 is 6.18 Å². The fraction of sp³-hybridized carbons (Fsp3) is 0.462.